The lowest BCUT2D eigenvalue weighted by molar-refractivity contribution is -0.127. The fraction of sp³-hybridized carbons (Fsp3) is 0.118. The Balaban J connectivity index is 1.64. The highest BCUT2D eigenvalue weighted by Gasteiger charge is 2.36. The van der Waals surface area contributed by atoms with E-state index in [2.05, 4.69) is 5.32 Å². The van der Waals surface area contributed by atoms with Gasteiger partial charge in [0.2, 0.25) is 5.91 Å². The Labute approximate surface area is 147 Å². The van der Waals surface area contributed by atoms with Gasteiger partial charge in [0.05, 0.1) is 24.5 Å². The summed E-state index contributed by atoms with van der Waals surface area (Å²) >= 11 is 0.794. The molecule has 0 atom stereocenters. The highest BCUT2D eigenvalue weighted by Crippen LogP contribution is 2.32. The first-order valence-electron chi connectivity index (χ1n) is 7.28. The highest BCUT2D eigenvalue weighted by molar-refractivity contribution is 8.18. The van der Waals surface area contributed by atoms with Crippen LogP contribution in [0.2, 0.25) is 0 Å². The molecule has 1 fully saturated rings. The lowest BCUT2D eigenvalue weighted by Gasteiger charge is -2.12. The number of carbonyl (C=O) groups excluding carboxylic acids is 3. The van der Waals surface area contributed by atoms with E-state index in [1.807, 2.05) is 0 Å². The number of ether oxygens (including phenoxy) is 1. The Morgan fingerprint density at radius 2 is 2.04 bits per heavy atom. The van der Waals surface area contributed by atoms with Crippen LogP contribution in [0.3, 0.4) is 0 Å². The van der Waals surface area contributed by atoms with Gasteiger partial charge in [-0.3, -0.25) is 19.3 Å². The van der Waals surface area contributed by atoms with Gasteiger partial charge in [-0.05, 0) is 48.2 Å². The first-order valence-corrected chi connectivity index (χ1v) is 8.10. The molecule has 0 radical (unpaired) electrons. The van der Waals surface area contributed by atoms with E-state index in [0.717, 1.165) is 16.7 Å². The number of amides is 3. The predicted octanol–water partition coefficient (Wildman–Crippen LogP) is 2.96. The molecule has 0 spiro atoms. The molecule has 128 valence electrons. The zero-order chi connectivity index (χ0) is 17.8. The van der Waals surface area contributed by atoms with E-state index in [-0.39, 0.29) is 11.4 Å². The second kappa shape index (κ2) is 7.27. The predicted molar refractivity (Wildman–Crippen MR) is 93.0 cm³/mol. The Morgan fingerprint density at radius 3 is 2.68 bits per heavy atom. The fourth-order valence-corrected chi connectivity index (χ4v) is 3.00. The van der Waals surface area contributed by atoms with E-state index in [1.54, 1.807) is 43.5 Å². The normalized spacial score (nSPS) is 15.7. The SMILES string of the molecule is COc1ccc(NC(=O)CN2C(=O)S/C(=C/c3ccoc3)C2=O)cc1. The third kappa shape index (κ3) is 3.92. The van der Waals surface area contributed by atoms with Gasteiger partial charge in [0.25, 0.3) is 11.1 Å². The van der Waals surface area contributed by atoms with Crippen molar-refractivity contribution in [2.75, 3.05) is 19.0 Å². The van der Waals surface area contributed by atoms with Crippen LogP contribution in [0.1, 0.15) is 5.56 Å². The molecule has 1 aromatic carbocycles. The largest absolute Gasteiger partial charge is 0.497 e. The topological polar surface area (TPSA) is 88.8 Å². The molecule has 2 aromatic rings. The van der Waals surface area contributed by atoms with Gasteiger partial charge in [0.15, 0.2) is 0 Å². The van der Waals surface area contributed by atoms with Crippen LogP contribution in [0.4, 0.5) is 10.5 Å². The summed E-state index contributed by atoms with van der Waals surface area (Å²) in [4.78, 5) is 37.6. The number of anilines is 1. The molecular weight excluding hydrogens is 344 g/mol. The average molecular weight is 358 g/mol. The van der Waals surface area contributed by atoms with Crippen LogP contribution in [0.5, 0.6) is 5.75 Å². The molecule has 0 saturated carbocycles. The van der Waals surface area contributed by atoms with Gasteiger partial charge in [0, 0.05) is 11.3 Å². The Hall–Kier alpha value is -3.00. The fourth-order valence-electron chi connectivity index (χ4n) is 2.16. The molecule has 8 heteroatoms. The molecule has 1 aliphatic rings. The summed E-state index contributed by atoms with van der Waals surface area (Å²) in [5, 5.41) is 2.16. The molecule has 1 aliphatic heterocycles. The Kier molecular flexibility index (Phi) is 4.90. The van der Waals surface area contributed by atoms with E-state index in [9.17, 15) is 14.4 Å². The average Bonchev–Trinajstić information content (AvgIpc) is 3.20. The van der Waals surface area contributed by atoms with Gasteiger partial charge >= 0.3 is 0 Å². The minimum absolute atomic E-state index is 0.253. The Morgan fingerprint density at radius 1 is 1.28 bits per heavy atom. The van der Waals surface area contributed by atoms with E-state index < -0.39 is 17.1 Å². The molecule has 0 aliphatic carbocycles. The molecule has 0 unspecified atom stereocenters. The number of nitrogens with zero attached hydrogens (tertiary/aromatic N) is 1. The van der Waals surface area contributed by atoms with Crippen molar-refractivity contribution in [1.82, 2.24) is 4.90 Å². The van der Waals surface area contributed by atoms with Crippen molar-refractivity contribution in [3.05, 3.63) is 53.3 Å². The number of hydrogen-bond acceptors (Lipinski definition) is 6. The zero-order valence-electron chi connectivity index (χ0n) is 13.2. The number of rotatable bonds is 5. The van der Waals surface area contributed by atoms with E-state index in [0.29, 0.717) is 17.0 Å². The van der Waals surface area contributed by atoms with Crippen molar-refractivity contribution in [2.24, 2.45) is 0 Å². The minimum atomic E-state index is -0.499. The molecular formula is C17H14N2O5S. The zero-order valence-corrected chi connectivity index (χ0v) is 14.0. The maximum Gasteiger partial charge on any atom is 0.294 e. The smallest absolute Gasteiger partial charge is 0.294 e. The maximum atomic E-state index is 12.3. The number of furan rings is 1. The summed E-state index contributed by atoms with van der Waals surface area (Å²) < 4.78 is 9.96. The van der Waals surface area contributed by atoms with Gasteiger partial charge in [-0.2, -0.15) is 0 Å². The summed E-state index contributed by atoms with van der Waals surface area (Å²) in [7, 11) is 1.55. The number of nitrogens with one attached hydrogen (secondary N) is 1. The molecule has 3 rings (SSSR count). The number of imide groups is 1. The van der Waals surface area contributed by atoms with Crippen LogP contribution in [-0.2, 0) is 9.59 Å². The van der Waals surface area contributed by atoms with Crippen molar-refractivity contribution in [3.63, 3.8) is 0 Å². The second-order valence-corrected chi connectivity index (χ2v) is 6.09. The van der Waals surface area contributed by atoms with Crippen LogP contribution >= 0.6 is 11.8 Å². The summed E-state index contributed by atoms with van der Waals surface area (Å²) in [6, 6.07) is 8.41. The third-order valence-corrected chi connectivity index (χ3v) is 4.30. The Bertz CT molecular complexity index is 827. The monoisotopic (exact) mass is 358 g/mol. The minimum Gasteiger partial charge on any atom is -0.497 e. The molecule has 2 heterocycles. The van der Waals surface area contributed by atoms with Gasteiger partial charge in [-0.15, -0.1) is 0 Å². The van der Waals surface area contributed by atoms with Crippen LogP contribution < -0.4 is 10.1 Å². The van der Waals surface area contributed by atoms with Crippen LogP contribution in [0.25, 0.3) is 6.08 Å². The summed E-state index contributed by atoms with van der Waals surface area (Å²) in [5.74, 6) is -0.300. The molecule has 1 saturated heterocycles. The quantitative estimate of drug-likeness (QED) is 0.827. The van der Waals surface area contributed by atoms with Gasteiger partial charge in [-0.25, -0.2) is 0 Å². The number of thioether (sulfide) groups is 1. The van der Waals surface area contributed by atoms with Crippen molar-refractivity contribution < 1.29 is 23.5 Å². The summed E-state index contributed by atoms with van der Waals surface area (Å²) in [6.07, 6.45) is 4.48. The number of hydrogen-bond donors (Lipinski definition) is 1. The molecule has 7 nitrogen and oxygen atoms in total. The highest BCUT2D eigenvalue weighted by atomic mass is 32.2. The van der Waals surface area contributed by atoms with Crippen LogP contribution in [0, 0.1) is 0 Å². The lowest BCUT2D eigenvalue weighted by Crippen LogP contribution is -2.36. The van der Waals surface area contributed by atoms with E-state index in [4.69, 9.17) is 9.15 Å². The summed E-state index contributed by atoms with van der Waals surface area (Å²) in [6.45, 7) is -0.348. The van der Waals surface area contributed by atoms with Crippen molar-refractivity contribution in [1.29, 1.82) is 0 Å². The van der Waals surface area contributed by atoms with Gasteiger partial charge in [-0.1, -0.05) is 0 Å². The number of methoxy groups -OCH3 is 1. The van der Waals surface area contributed by atoms with Crippen molar-refractivity contribution in [3.8, 4) is 5.75 Å². The summed E-state index contributed by atoms with van der Waals surface area (Å²) in [5.41, 5.74) is 1.22. The van der Waals surface area contributed by atoms with Crippen molar-refractivity contribution in [2.45, 2.75) is 0 Å². The number of carbonyl (C=O) groups is 3. The maximum absolute atomic E-state index is 12.3. The van der Waals surface area contributed by atoms with Gasteiger partial charge in [0.1, 0.15) is 12.3 Å². The standard InChI is InChI=1S/C17H14N2O5S/c1-23-13-4-2-12(3-5-13)18-15(20)9-19-16(21)14(25-17(19)22)8-11-6-7-24-10-11/h2-8,10H,9H2,1H3,(H,18,20)/b14-8+. The molecule has 25 heavy (non-hydrogen) atoms. The van der Waals surface area contributed by atoms with Crippen LogP contribution in [0.15, 0.2) is 52.2 Å². The second-order valence-electron chi connectivity index (χ2n) is 5.10. The third-order valence-electron chi connectivity index (χ3n) is 3.39. The van der Waals surface area contributed by atoms with E-state index in [1.165, 1.54) is 12.5 Å². The molecule has 1 aromatic heterocycles. The first-order chi connectivity index (χ1) is 12.1. The van der Waals surface area contributed by atoms with Crippen molar-refractivity contribution >= 4 is 40.6 Å². The lowest BCUT2D eigenvalue weighted by atomic mass is 10.3. The number of benzene rings is 1. The molecule has 1 N–H and O–H groups in total. The molecule has 3 amide bonds. The van der Waals surface area contributed by atoms with Gasteiger partial charge < -0.3 is 14.5 Å². The van der Waals surface area contributed by atoms with E-state index >= 15 is 0 Å². The van der Waals surface area contributed by atoms with Crippen LogP contribution in [-0.4, -0.2) is 35.6 Å². The first kappa shape index (κ1) is 16.8. The molecule has 0 bridgehead atoms.